The first-order valence-electron chi connectivity index (χ1n) is 6.05. The van der Waals surface area contributed by atoms with E-state index in [2.05, 4.69) is 5.32 Å². The van der Waals surface area contributed by atoms with Crippen LogP contribution in [0.5, 0.6) is 0 Å². The number of carboxylic acids is 1. The first-order chi connectivity index (χ1) is 9.04. The molecule has 5 heteroatoms. The largest absolute Gasteiger partial charge is 0.478 e. The summed E-state index contributed by atoms with van der Waals surface area (Å²) in [5, 5.41) is 11.1. The van der Waals surface area contributed by atoms with E-state index in [0.717, 1.165) is 18.9 Å². The summed E-state index contributed by atoms with van der Waals surface area (Å²) < 4.78 is 13.6. The van der Waals surface area contributed by atoms with Crippen molar-refractivity contribution in [1.82, 2.24) is 0 Å². The number of aliphatic carboxylic acids is 1. The lowest BCUT2D eigenvalue weighted by molar-refractivity contribution is -0.131. The zero-order valence-corrected chi connectivity index (χ0v) is 10.2. The van der Waals surface area contributed by atoms with Gasteiger partial charge in [0.15, 0.2) is 0 Å². The average molecular weight is 263 g/mol. The minimum atomic E-state index is -1.14. The van der Waals surface area contributed by atoms with Gasteiger partial charge in [-0.15, -0.1) is 0 Å². The Bertz CT molecular complexity index is 535. The Labute approximate surface area is 109 Å². The molecule has 1 amide bonds. The zero-order chi connectivity index (χ0) is 13.8. The highest BCUT2D eigenvalue weighted by molar-refractivity contribution is 5.91. The van der Waals surface area contributed by atoms with Gasteiger partial charge in [-0.05, 0) is 43.0 Å². The normalized spacial score (nSPS) is 14.6. The molecule has 0 bridgehead atoms. The molecule has 2 N–H and O–H groups in total. The molecule has 0 atom stereocenters. The highest BCUT2D eigenvalue weighted by atomic mass is 19.1. The molecular weight excluding hydrogens is 249 g/mol. The third kappa shape index (κ3) is 4.21. The standard InChI is InChI=1S/C14H14FNO3/c15-12-8-11(16-13(17)7-9-1-2-9)5-3-10(12)4-6-14(18)19/h3-6,8-9H,1-2,7H2,(H,16,17)(H,18,19). The maximum atomic E-state index is 13.6. The molecule has 1 saturated carbocycles. The third-order valence-electron chi connectivity index (χ3n) is 2.86. The summed E-state index contributed by atoms with van der Waals surface area (Å²) in [6.45, 7) is 0. The van der Waals surface area contributed by atoms with Crippen molar-refractivity contribution >= 4 is 23.6 Å². The van der Waals surface area contributed by atoms with Gasteiger partial charge in [-0.3, -0.25) is 4.79 Å². The second-order valence-corrected chi connectivity index (χ2v) is 4.60. The molecule has 1 aromatic carbocycles. The monoisotopic (exact) mass is 263 g/mol. The van der Waals surface area contributed by atoms with Crippen molar-refractivity contribution in [3.63, 3.8) is 0 Å². The number of hydrogen-bond acceptors (Lipinski definition) is 2. The van der Waals surface area contributed by atoms with Crippen LogP contribution in [0.2, 0.25) is 0 Å². The lowest BCUT2D eigenvalue weighted by Crippen LogP contribution is -2.12. The van der Waals surface area contributed by atoms with Gasteiger partial charge in [-0.25, -0.2) is 9.18 Å². The lowest BCUT2D eigenvalue weighted by atomic mass is 10.1. The maximum absolute atomic E-state index is 13.6. The predicted molar refractivity (Wildman–Crippen MR) is 69.0 cm³/mol. The van der Waals surface area contributed by atoms with Crippen LogP contribution in [0.25, 0.3) is 6.08 Å². The van der Waals surface area contributed by atoms with Crippen LogP contribution < -0.4 is 5.32 Å². The van der Waals surface area contributed by atoms with Crippen LogP contribution in [0.15, 0.2) is 24.3 Å². The number of benzene rings is 1. The van der Waals surface area contributed by atoms with E-state index >= 15 is 0 Å². The van der Waals surface area contributed by atoms with Crippen LogP contribution in [0.3, 0.4) is 0 Å². The molecule has 1 fully saturated rings. The number of rotatable bonds is 5. The third-order valence-corrected chi connectivity index (χ3v) is 2.86. The minimum absolute atomic E-state index is 0.115. The molecule has 0 spiro atoms. The SMILES string of the molecule is O=C(O)C=Cc1ccc(NC(=O)CC2CC2)cc1F. The summed E-state index contributed by atoms with van der Waals surface area (Å²) in [5.41, 5.74) is 0.554. The quantitative estimate of drug-likeness (QED) is 0.802. The van der Waals surface area contributed by atoms with Crippen molar-refractivity contribution in [2.24, 2.45) is 5.92 Å². The van der Waals surface area contributed by atoms with Gasteiger partial charge in [0.2, 0.25) is 5.91 Å². The molecule has 0 aromatic heterocycles. The summed E-state index contributed by atoms with van der Waals surface area (Å²) >= 11 is 0. The highest BCUT2D eigenvalue weighted by Crippen LogP contribution is 2.32. The number of carbonyl (C=O) groups excluding carboxylic acids is 1. The van der Waals surface area contributed by atoms with Crippen LogP contribution in [0.4, 0.5) is 10.1 Å². The van der Waals surface area contributed by atoms with E-state index in [-0.39, 0.29) is 11.5 Å². The zero-order valence-electron chi connectivity index (χ0n) is 10.2. The smallest absolute Gasteiger partial charge is 0.328 e. The molecule has 0 heterocycles. The number of halogens is 1. The Kier molecular flexibility index (Phi) is 3.94. The molecule has 1 aromatic rings. The molecule has 4 nitrogen and oxygen atoms in total. The Balaban J connectivity index is 2.01. The fraction of sp³-hybridized carbons (Fsp3) is 0.286. The number of carboxylic acid groups (broad SMARTS) is 1. The van der Waals surface area contributed by atoms with Crippen LogP contribution >= 0.6 is 0 Å². The summed E-state index contributed by atoms with van der Waals surface area (Å²) in [6.07, 6.45) is 4.68. The van der Waals surface area contributed by atoms with Crippen molar-refractivity contribution in [1.29, 1.82) is 0 Å². The second kappa shape index (κ2) is 5.65. The van der Waals surface area contributed by atoms with Crippen LogP contribution in [0, 0.1) is 11.7 Å². The Hall–Kier alpha value is -2.17. The molecule has 19 heavy (non-hydrogen) atoms. The van der Waals surface area contributed by atoms with E-state index in [1.807, 2.05) is 0 Å². The van der Waals surface area contributed by atoms with Gasteiger partial charge in [0.1, 0.15) is 5.82 Å². The topological polar surface area (TPSA) is 66.4 Å². The fourth-order valence-electron chi connectivity index (χ4n) is 1.70. The van der Waals surface area contributed by atoms with Gasteiger partial charge >= 0.3 is 5.97 Å². The highest BCUT2D eigenvalue weighted by Gasteiger charge is 2.24. The molecule has 2 rings (SSSR count). The number of hydrogen-bond donors (Lipinski definition) is 2. The van der Waals surface area contributed by atoms with Gasteiger partial charge in [0, 0.05) is 23.7 Å². The van der Waals surface area contributed by atoms with Crippen molar-refractivity contribution in [2.45, 2.75) is 19.3 Å². The molecule has 0 saturated heterocycles. The van der Waals surface area contributed by atoms with E-state index in [1.165, 1.54) is 18.2 Å². The Morgan fingerprint density at radius 3 is 2.74 bits per heavy atom. The predicted octanol–water partition coefficient (Wildman–Crippen LogP) is 2.66. The number of nitrogens with one attached hydrogen (secondary N) is 1. The van der Waals surface area contributed by atoms with Gasteiger partial charge in [0.05, 0.1) is 0 Å². The maximum Gasteiger partial charge on any atom is 0.328 e. The van der Waals surface area contributed by atoms with Crippen LogP contribution in [0.1, 0.15) is 24.8 Å². The van der Waals surface area contributed by atoms with E-state index in [4.69, 9.17) is 5.11 Å². The lowest BCUT2D eigenvalue weighted by Gasteiger charge is -2.05. The summed E-state index contributed by atoms with van der Waals surface area (Å²) in [5.74, 6) is -1.35. The van der Waals surface area contributed by atoms with Gasteiger partial charge in [0.25, 0.3) is 0 Å². The minimum Gasteiger partial charge on any atom is -0.478 e. The fourth-order valence-corrected chi connectivity index (χ4v) is 1.70. The summed E-state index contributed by atoms with van der Waals surface area (Å²) in [7, 11) is 0. The van der Waals surface area contributed by atoms with E-state index in [9.17, 15) is 14.0 Å². The van der Waals surface area contributed by atoms with Gasteiger partial charge in [-0.1, -0.05) is 0 Å². The Morgan fingerprint density at radius 1 is 1.42 bits per heavy atom. The summed E-state index contributed by atoms with van der Waals surface area (Å²) in [4.78, 5) is 21.9. The van der Waals surface area contributed by atoms with Gasteiger partial charge < -0.3 is 10.4 Å². The van der Waals surface area contributed by atoms with Crippen molar-refractivity contribution in [2.75, 3.05) is 5.32 Å². The first kappa shape index (κ1) is 13.3. The van der Waals surface area contributed by atoms with E-state index in [1.54, 1.807) is 6.07 Å². The van der Waals surface area contributed by atoms with Crippen molar-refractivity contribution in [3.8, 4) is 0 Å². The second-order valence-electron chi connectivity index (χ2n) is 4.60. The molecule has 1 aliphatic rings. The van der Waals surface area contributed by atoms with E-state index in [0.29, 0.717) is 18.0 Å². The van der Waals surface area contributed by atoms with Crippen molar-refractivity contribution < 1.29 is 19.1 Å². The molecule has 0 radical (unpaired) electrons. The van der Waals surface area contributed by atoms with Gasteiger partial charge in [-0.2, -0.15) is 0 Å². The molecule has 0 unspecified atom stereocenters. The average Bonchev–Trinajstić information content (AvgIpc) is 3.11. The molecule has 0 aliphatic heterocycles. The number of carbonyl (C=O) groups is 2. The number of anilines is 1. The summed E-state index contributed by atoms with van der Waals surface area (Å²) in [6, 6.07) is 4.17. The molecular formula is C14H14FNO3. The molecule has 100 valence electrons. The van der Waals surface area contributed by atoms with E-state index < -0.39 is 11.8 Å². The van der Waals surface area contributed by atoms with Crippen LogP contribution in [-0.2, 0) is 9.59 Å². The Morgan fingerprint density at radius 2 is 2.16 bits per heavy atom. The molecule has 1 aliphatic carbocycles. The first-order valence-corrected chi connectivity index (χ1v) is 6.05. The van der Waals surface area contributed by atoms with Crippen LogP contribution in [-0.4, -0.2) is 17.0 Å². The number of amides is 1. The van der Waals surface area contributed by atoms with Crippen molar-refractivity contribution in [3.05, 3.63) is 35.7 Å².